The van der Waals surface area contributed by atoms with Crippen molar-refractivity contribution in [1.82, 2.24) is 15.3 Å². The molecule has 0 unspecified atom stereocenters. The van der Waals surface area contributed by atoms with Gasteiger partial charge in [0.05, 0.1) is 12.8 Å². The van der Waals surface area contributed by atoms with E-state index in [1.165, 1.54) is 0 Å². The first-order valence-electron chi connectivity index (χ1n) is 9.34. The molecule has 2 aromatic rings. The van der Waals surface area contributed by atoms with Gasteiger partial charge in [-0.2, -0.15) is 0 Å². The van der Waals surface area contributed by atoms with Gasteiger partial charge in [0.15, 0.2) is 0 Å². The van der Waals surface area contributed by atoms with E-state index < -0.39 is 0 Å². The molecule has 1 atom stereocenters. The largest absolute Gasteiger partial charge is 0.467 e. The Morgan fingerprint density at radius 1 is 1.42 bits per heavy atom. The van der Waals surface area contributed by atoms with Crippen molar-refractivity contribution in [2.45, 2.75) is 39.2 Å². The number of piperidine rings is 1. The summed E-state index contributed by atoms with van der Waals surface area (Å²) >= 11 is 0. The van der Waals surface area contributed by atoms with Crippen molar-refractivity contribution in [3.8, 4) is 0 Å². The summed E-state index contributed by atoms with van der Waals surface area (Å²) in [6.45, 7) is 5.29. The topological polar surface area (TPSA) is 83.3 Å². The van der Waals surface area contributed by atoms with Crippen LogP contribution in [0, 0.1) is 5.92 Å². The van der Waals surface area contributed by atoms with Crippen LogP contribution in [0.4, 0.5) is 11.6 Å². The standard InChI is InChI=1S/C19H27N5O2/c1-2-20-17-11-18(23-14-22-17)24-9-3-5-15(13-24)7-8-19(25)21-12-16-6-4-10-26-16/h4,6,10-11,14-15H,2-3,5,7-9,12-13H2,1H3,(H,21,25)(H,20,22,23)/t15-/m0/s1. The molecule has 7 heteroatoms. The summed E-state index contributed by atoms with van der Waals surface area (Å²) in [4.78, 5) is 23.0. The SMILES string of the molecule is CCNc1cc(N2CCC[C@@H](CCC(=O)NCc3ccco3)C2)ncn1. The molecular formula is C19H27N5O2. The number of aromatic nitrogens is 2. The minimum absolute atomic E-state index is 0.0787. The first-order valence-corrected chi connectivity index (χ1v) is 9.34. The van der Waals surface area contributed by atoms with Gasteiger partial charge in [-0.1, -0.05) is 0 Å². The second kappa shape index (κ2) is 9.22. The van der Waals surface area contributed by atoms with Crippen LogP contribution in [-0.2, 0) is 11.3 Å². The molecule has 7 nitrogen and oxygen atoms in total. The lowest BCUT2D eigenvalue weighted by atomic mass is 9.93. The summed E-state index contributed by atoms with van der Waals surface area (Å²) in [5.74, 6) is 3.19. The molecule has 1 fully saturated rings. The van der Waals surface area contributed by atoms with Gasteiger partial charge in [-0.25, -0.2) is 9.97 Å². The van der Waals surface area contributed by atoms with Gasteiger partial charge in [-0.3, -0.25) is 4.79 Å². The van der Waals surface area contributed by atoms with Crippen LogP contribution in [0.25, 0.3) is 0 Å². The van der Waals surface area contributed by atoms with E-state index in [2.05, 4.69) is 32.4 Å². The number of rotatable bonds is 8. The van der Waals surface area contributed by atoms with E-state index in [0.717, 1.165) is 56.3 Å². The number of nitrogens with zero attached hydrogens (tertiary/aromatic N) is 3. The van der Waals surface area contributed by atoms with Gasteiger partial charge in [0.1, 0.15) is 23.7 Å². The fourth-order valence-corrected chi connectivity index (χ4v) is 3.33. The number of amides is 1. The number of hydrogen-bond acceptors (Lipinski definition) is 6. The van der Waals surface area contributed by atoms with Crippen LogP contribution in [-0.4, -0.2) is 35.5 Å². The predicted octanol–water partition coefficient (Wildman–Crippen LogP) is 2.81. The fraction of sp³-hybridized carbons (Fsp3) is 0.526. The zero-order valence-electron chi connectivity index (χ0n) is 15.3. The van der Waals surface area contributed by atoms with Crippen molar-refractivity contribution in [3.05, 3.63) is 36.5 Å². The predicted molar refractivity (Wildman–Crippen MR) is 101 cm³/mol. The summed E-state index contributed by atoms with van der Waals surface area (Å²) in [5.41, 5.74) is 0. The lowest BCUT2D eigenvalue weighted by Gasteiger charge is -2.33. The molecule has 2 N–H and O–H groups in total. The molecular weight excluding hydrogens is 330 g/mol. The quantitative estimate of drug-likeness (QED) is 0.756. The Balaban J connectivity index is 1.46. The number of furan rings is 1. The highest BCUT2D eigenvalue weighted by molar-refractivity contribution is 5.75. The second-order valence-electron chi connectivity index (χ2n) is 6.64. The Morgan fingerprint density at radius 3 is 3.15 bits per heavy atom. The second-order valence-corrected chi connectivity index (χ2v) is 6.64. The Bertz CT molecular complexity index is 689. The average molecular weight is 357 g/mol. The van der Waals surface area contributed by atoms with Crippen LogP contribution < -0.4 is 15.5 Å². The van der Waals surface area contributed by atoms with Gasteiger partial charge in [-0.05, 0) is 44.2 Å². The molecule has 1 aliphatic heterocycles. The van der Waals surface area contributed by atoms with E-state index in [4.69, 9.17) is 4.42 Å². The zero-order chi connectivity index (χ0) is 18.2. The molecule has 1 saturated heterocycles. The smallest absolute Gasteiger partial charge is 0.220 e. The molecule has 0 aromatic carbocycles. The van der Waals surface area contributed by atoms with Gasteiger partial charge in [0.25, 0.3) is 0 Å². The van der Waals surface area contributed by atoms with E-state index in [1.54, 1.807) is 12.6 Å². The van der Waals surface area contributed by atoms with Gasteiger partial charge in [0.2, 0.25) is 5.91 Å². The number of carbonyl (C=O) groups excluding carboxylic acids is 1. The summed E-state index contributed by atoms with van der Waals surface area (Å²) < 4.78 is 5.23. The molecule has 3 rings (SSSR count). The van der Waals surface area contributed by atoms with Gasteiger partial charge in [-0.15, -0.1) is 0 Å². The molecule has 0 radical (unpaired) electrons. The van der Waals surface area contributed by atoms with Crippen LogP contribution in [0.1, 0.15) is 38.4 Å². The molecule has 0 spiro atoms. The van der Waals surface area contributed by atoms with Gasteiger partial charge < -0.3 is 20.0 Å². The van der Waals surface area contributed by atoms with Crippen LogP contribution in [0.2, 0.25) is 0 Å². The molecule has 3 heterocycles. The highest BCUT2D eigenvalue weighted by Crippen LogP contribution is 2.25. The number of nitrogens with one attached hydrogen (secondary N) is 2. The average Bonchev–Trinajstić information content (AvgIpc) is 3.19. The first-order chi connectivity index (χ1) is 12.7. The van der Waals surface area contributed by atoms with E-state index >= 15 is 0 Å². The monoisotopic (exact) mass is 357 g/mol. The highest BCUT2D eigenvalue weighted by atomic mass is 16.3. The summed E-state index contributed by atoms with van der Waals surface area (Å²) in [6, 6.07) is 5.69. The summed E-state index contributed by atoms with van der Waals surface area (Å²) in [7, 11) is 0. The van der Waals surface area contributed by atoms with Crippen molar-refractivity contribution >= 4 is 17.5 Å². The molecule has 1 aliphatic rings. The van der Waals surface area contributed by atoms with Crippen LogP contribution in [0.5, 0.6) is 0 Å². The maximum atomic E-state index is 12.1. The van der Waals surface area contributed by atoms with Gasteiger partial charge >= 0.3 is 0 Å². The first kappa shape index (κ1) is 18.2. The Kier molecular flexibility index (Phi) is 6.46. The molecule has 0 saturated carbocycles. The fourth-order valence-electron chi connectivity index (χ4n) is 3.33. The Labute approximate surface area is 154 Å². The van der Waals surface area contributed by atoms with Crippen LogP contribution >= 0.6 is 0 Å². The van der Waals surface area contributed by atoms with E-state index in [0.29, 0.717) is 18.9 Å². The minimum atomic E-state index is 0.0787. The third kappa shape index (κ3) is 5.21. The number of hydrogen-bond donors (Lipinski definition) is 2. The molecule has 2 aromatic heterocycles. The molecule has 140 valence electrons. The van der Waals surface area contributed by atoms with Gasteiger partial charge in [0, 0.05) is 32.1 Å². The normalized spacial score (nSPS) is 17.1. The number of anilines is 2. The maximum absolute atomic E-state index is 12.1. The number of carbonyl (C=O) groups is 1. The van der Waals surface area contributed by atoms with Crippen molar-refractivity contribution in [2.75, 3.05) is 29.9 Å². The summed E-state index contributed by atoms with van der Waals surface area (Å²) in [5, 5.41) is 6.14. The maximum Gasteiger partial charge on any atom is 0.220 e. The molecule has 1 amide bonds. The molecule has 0 bridgehead atoms. The third-order valence-corrected chi connectivity index (χ3v) is 4.67. The van der Waals surface area contributed by atoms with Crippen molar-refractivity contribution in [3.63, 3.8) is 0 Å². The Hall–Kier alpha value is -2.57. The van der Waals surface area contributed by atoms with Crippen molar-refractivity contribution in [2.24, 2.45) is 5.92 Å². The molecule has 0 aliphatic carbocycles. The van der Waals surface area contributed by atoms with Crippen LogP contribution in [0.3, 0.4) is 0 Å². The summed E-state index contributed by atoms with van der Waals surface area (Å²) in [6.07, 6.45) is 6.95. The Morgan fingerprint density at radius 2 is 2.35 bits per heavy atom. The lowest BCUT2D eigenvalue weighted by Crippen LogP contribution is -2.36. The van der Waals surface area contributed by atoms with E-state index in [1.807, 2.05) is 18.2 Å². The highest BCUT2D eigenvalue weighted by Gasteiger charge is 2.22. The van der Waals surface area contributed by atoms with E-state index in [-0.39, 0.29) is 5.91 Å². The van der Waals surface area contributed by atoms with Crippen LogP contribution in [0.15, 0.2) is 35.2 Å². The zero-order valence-corrected chi connectivity index (χ0v) is 15.3. The van der Waals surface area contributed by atoms with Crippen molar-refractivity contribution < 1.29 is 9.21 Å². The lowest BCUT2D eigenvalue weighted by molar-refractivity contribution is -0.121. The molecule has 26 heavy (non-hydrogen) atoms. The minimum Gasteiger partial charge on any atom is -0.467 e. The third-order valence-electron chi connectivity index (χ3n) is 4.67. The van der Waals surface area contributed by atoms with Crippen molar-refractivity contribution in [1.29, 1.82) is 0 Å². The van der Waals surface area contributed by atoms with E-state index in [9.17, 15) is 4.79 Å².